The van der Waals surface area contributed by atoms with Crippen LogP contribution >= 0.6 is 0 Å². The quantitative estimate of drug-likeness (QED) is 0.760. The molecular weight excluding hydrogens is 186 g/mol. The van der Waals surface area contributed by atoms with Crippen molar-refractivity contribution in [3.8, 4) is 0 Å². The fourth-order valence-corrected chi connectivity index (χ4v) is 0.978. The van der Waals surface area contributed by atoms with Gasteiger partial charge in [-0.25, -0.2) is 4.79 Å². The molecule has 0 saturated carbocycles. The van der Waals surface area contributed by atoms with Crippen LogP contribution in [0, 0.1) is 0 Å². The van der Waals surface area contributed by atoms with Gasteiger partial charge in [-0.2, -0.15) is 0 Å². The molecule has 0 radical (unpaired) electrons. The second kappa shape index (κ2) is 3.95. The van der Waals surface area contributed by atoms with Crippen LogP contribution in [0.4, 0.5) is 0 Å². The summed E-state index contributed by atoms with van der Waals surface area (Å²) in [6.45, 7) is 3.58. The van der Waals surface area contributed by atoms with E-state index in [1.807, 2.05) is 0 Å². The predicted octanol–water partition coefficient (Wildman–Crippen LogP) is 1.12. The normalized spacial score (nSPS) is 10.2. The SMILES string of the molecule is CC(C)NC(=O)c1cocc1C(=O)O. The monoisotopic (exact) mass is 197 g/mol. The molecule has 14 heavy (non-hydrogen) atoms. The van der Waals surface area contributed by atoms with Gasteiger partial charge in [0.05, 0.1) is 5.56 Å². The predicted molar refractivity (Wildman–Crippen MR) is 48.3 cm³/mol. The molecule has 1 amide bonds. The van der Waals surface area contributed by atoms with Crippen LogP contribution in [-0.4, -0.2) is 23.0 Å². The van der Waals surface area contributed by atoms with Crippen molar-refractivity contribution in [2.45, 2.75) is 19.9 Å². The molecule has 0 atom stereocenters. The third-order valence-corrected chi connectivity index (χ3v) is 1.56. The van der Waals surface area contributed by atoms with E-state index in [1.54, 1.807) is 13.8 Å². The van der Waals surface area contributed by atoms with Gasteiger partial charge in [0.1, 0.15) is 18.1 Å². The van der Waals surface area contributed by atoms with Crippen LogP contribution in [0.5, 0.6) is 0 Å². The van der Waals surface area contributed by atoms with Gasteiger partial charge < -0.3 is 14.8 Å². The lowest BCUT2D eigenvalue weighted by Gasteiger charge is -2.06. The van der Waals surface area contributed by atoms with Gasteiger partial charge in [-0.15, -0.1) is 0 Å². The second-order valence-electron chi connectivity index (χ2n) is 3.13. The lowest BCUT2D eigenvalue weighted by molar-refractivity contribution is 0.0690. The van der Waals surface area contributed by atoms with Crippen molar-refractivity contribution in [3.63, 3.8) is 0 Å². The van der Waals surface area contributed by atoms with Crippen LogP contribution in [-0.2, 0) is 0 Å². The molecule has 0 aliphatic heterocycles. The van der Waals surface area contributed by atoms with Crippen LogP contribution in [0.1, 0.15) is 34.6 Å². The Bertz CT molecular complexity index is 353. The highest BCUT2D eigenvalue weighted by molar-refractivity contribution is 6.04. The summed E-state index contributed by atoms with van der Waals surface area (Å²) in [6, 6.07) is -0.0426. The molecule has 76 valence electrons. The first-order valence-corrected chi connectivity index (χ1v) is 4.12. The van der Waals surface area contributed by atoms with Crippen molar-refractivity contribution in [2.75, 3.05) is 0 Å². The molecule has 1 rings (SSSR count). The Kier molecular flexibility index (Phi) is 2.91. The topological polar surface area (TPSA) is 79.5 Å². The van der Waals surface area contributed by atoms with Crippen molar-refractivity contribution >= 4 is 11.9 Å². The first-order chi connectivity index (χ1) is 6.52. The van der Waals surface area contributed by atoms with Gasteiger partial charge in [-0.1, -0.05) is 0 Å². The van der Waals surface area contributed by atoms with Crippen molar-refractivity contribution in [3.05, 3.63) is 23.7 Å². The molecule has 1 aromatic rings. The fourth-order valence-electron chi connectivity index (χ4n) is 0.978. The average Bonchev–Trinajstić information content (AvgIpc) is 2.49. The molecule has 0 bridgehead atoms. The van der Waals surface area contributed by atoms with E-state index in [1.165, 1.54) is 0 Å². The third-order valence-electron chi connectivity index (χ3n) is 1.56. The number of nitrogens with one attached hydrogen (secondary N) is 1. The number of carbonyl (C=O) groups excluding carboxylic acids is 1. The Morgan fingerprint density at radius 3 is 2.43 bits per heavy atom. The molecular formula is C9H11NO4. The summed E-state index contributed by atoms with van der Waals surface area (Å²) in [6.07, 6.45) is 2.17. The van der Waals surface area contributed by atoms with Gasteiger partial charge in [0, 0.05) is 6.04 Å². The zero-order chi connectivity index (χ0) is 10.7. The maximum absolute atomic E-state index is 11.4. The lowest BCUT2D eigenvalue weighted by Crippen LogP contribution is -2.30. The van der Waals surface area contributed by atoms with Crippen LogP contribution in [0.25, 0.3) is 0 Å². The minimum atomic E-state index is -1.17. The van der Waals surface area contributed by atoms with Gasteiger partial charge >= 0.3 is 5.97 Å². The summed E-state index contributed by atoms with van der Waals surface area (Å²) in [7, 11) is 0. The van der Waals surface area contributed by atoms with E-state index in [9.17, 15) is 9.59 Å². The molecule has 1 heterocycles. The summed E-state index contributed by atoms with van der Waals surface area (Å²) in [5.74, 6) is -1.61. The highest BCUT2D eigenvalue weighted by Gasteiger charge is 2.19. The van der Waals surface area contributed by atoms with Crippen molar-refractivity contribution in [1.82, 2.24) is 5.32 Å². The number of hydrogen-bond donors (Lipinski definition) is 2. The second-order valence-corrected chi connectivity index (χ2v) is 3.13. The van der Waals surface area contributed by atoms with Crippen LogP contribution < -0.4 is 5.32 Å². The van der Waals surface area contributed by atoms with Gasteiger partial charge in [-0.05, 0) is 13.8 Å². The molecule has 5 nitrogen and oxygen atoms in total. The molecule has 2 N–H and O–H groups in total. The highest BCUT2D eigenvalue weighted by atomic mass is 16.4. The van der Waals surface area contributed by atoms with Crippen LogP contribution in [0.15, 0.2) is 16.9 Å². The van der Waals surface area contributed by atoms with Crippen molar-refractivity contribution < 1.29 is 19.1 Å². The Morgan fingerprint density at radius 1 is 1.36 bits per heavy atom. The van der Waals surface area contributed by atoms with E-state index in [0.29, 0.717) is 0 Å². The van der Waals surface area contributed by atoms with E-state index >= 15 is 0 Å². The van der Waals surface area contributed by atoms with Gasteiger partial charge in [0.2, 0.25) is 0 Å². The first-order valence-electron chi connectivity index (χ1n) is 4.12. The Balaban J connectivity index is 2.90. The standard InChI is InChI=1S/C9H11NO4/c1-5(2)10-8(11)6-3-14-4-7(6)9(12)13/h3-5H,1-2H3,(H,10,11)(H,12,13). The zero-order valence-electron chi connectivity index (χ0n) is 7.90. The smallest absolute Gasteiger partial charge is 0.339 e. The molecule has 0 aromatic carbocycles. The summed E-state index contributed by atoms with van der Waals surface area (Å²) in [4.78, 5) is 22.0. The number of carboxylic acids is 1. The third kappa shape index (κ3) is 2.12. The van der Waals surface area contributed by atoms with E-state index in [2.05, 4.69) is 9.73 Å². The van der Waals surface area contributed by atoms with E-state index in [-0.39, 0.29) is 17.2 Å². The van der Waals surface area contributed by atoms with Gasteiger partial charge in [0.15, 0.2) is 0 Å². The molecule has 0 aliphatic rings. The molecule has 5 heteroatoms. The van der Waals surface area contributed by atoms with E-state index in [0.717, 1.165) is 12.5 Å². The number of carboxylic acid groups (broad SMARTS) is 1. The largest absolute Gasteiger partial charge is 0.478 e. The number of amides is 1. The highest BCUT2D eigenvalue weighted by Crippen LogP contribution is 2.10. The maximum atomic E-state index is 11.4. The van der Waals surface area contributed by atoms with Crippen molar-refractivity contribution in [2.24, 2.45) is 0 Å². The van der Waals surface area contributed by atoms with Crippen LogP contribution in [0.2, 0.25) is 0 Å². The average molecular weight is 197 g/mol. The Morgan fingerprint density at radius 2 is 1.93 bits per heavy atom. The number of furan rings is 1. The molecule has 1 aromatic heterocycles. The number of carbonyl (C=O) groups is 2. The van der Waals surface area contributed by atoms with E-state index in [4.69, 9.17) is 5.11 Å². The summed E-state index contributed by atoms with van der Waals surface area (Å²) < 4.78 is 4.67. The zero-order valence-corrected chi connectivity index (χ0v) is 7.90. The van der Waals surface area contributed by atoms with E-state index < -0.39 is 11.9 Å². The molecule has 0 aliphatic carbocycles. The fraction of sp³-hybridized carbons (Fsp3) is 0.333. The lowest BCUT2D eigenvalue weighted by atomic mass is 10.2. The minimum Gasteiger partial charge on any atom is -0.478 e. The van der Waals surface area contributed by atoms with Crippen LogP contribution in [0.3, 0.4) is 0 Å². The number of aromatic carboxylic acids is 1. The maximum Gasteiger partial charge on any atom is 0.339 e. The molecule has 0 spiro atoms. The summed E-state index contributed by atoms with van der Waals surface area (Å²) >= 11 is 0. The summed E-state index contributed by atoms with van der Waals surface area (Å²) in [5.41, 5.74) is -0.0747. The minimum absolute atomic E-state index is 0.0426. The molecule has 0 saturated heterocycles. The van der Waals surface area contributed by atoms with Gasteiger partial charge in [-0.3, -0.25) is 4.79 Å². The van der Waals surface area contributed by atoms with Gasteiger partial charge in [0.25, 0.3) is 5.91 Å². The molecule has 0 fully saturated rings. The molecule has 0 unspecified atom stereocenters. The van der Waals surface area contributed by atoms with Crippen molar-refractivity contribution in [1.29, 1.82) is 0 Å². The summed E-state index contributed by atoms with van der Waals surface area (Å²) in [5, 5.41) is 11.3. The number of hydrogen-bond acceptors (Lipinski definition) is 3. The first kappa shape index (κ1) is 10.3. The number of rotatable bonds is 3. The Labute approximate surface area is 80.7 Å². The Hall–Kier alpha value is -1.78.